The Morgan fingerprint density at radius 1 is 1.15 bits per heavy atom. The Hall–Kier alpha value is -0.570. The third-order valence-corrected chi connectivity index (χ3v) is 5.34. The summed E-state index contributed by atoms with van der Waals surface area (Å²) in [5, 5.41) is 3.75. The molecule has 0 radical (unpaired) electrons. The van der Waals surface area contributed by atoms with Crippen molar-refractivity contribution >= 4 is 5.97 Å². The van der Waals surface area contributed by atoms with Crippen LogP contribution in [0.25, 0.3) is 0 Å². The molecule has 0 aromatic heterocycles. The summed E-state index contributed by atoms with van der Waals surface area (Å²) in [4.78, 5) is 12.4. The molecule has 3 heteroatoms. The fraction of sp³-hybridized carbons (Fsp3) is 0.941. The van der Waals surface area contributed by atoms with Gasteiger partial charge in [0.2, 0.25) is 0 Å². The zero-order valence-electron chi connectivity index (χ0n) is 13.2. The summed E-state index contributed by atoms with van der Waals surface area (Å²) in [6.45, 7) is 2.24. The summed E-state index contributed by atoms with van der Waals surface area (Å²) < 4.78 is 5.16. The maximum atomic E-state index is 12.4. The van der Waals surface area contributed by atoms with E-state index in [0.29, 0.717) is 12.0 Å². The molecule has 2 unspecified atom stereocenters. The molecule has 2 rings (SSSR count). The van der Waals surface area contributed by atoms with Crippen LogP contribution in [0.3, 0.4) is 0 Å². The molecule has 0 aromatic carbocycles. The molecule has 2 atom stereocenters. The predicted octanol–water partition coefficient (Wildman–Crippen LogP) is 3.81. The average molecular weight is 281 g/mol. The standard InChI is InChI=1S/C17H31NO2/c1-3-14-9-8-12-17(13-14,16(19)20-2)18-15-10-6-4-5-7-11-15/h14-15,18H,3-13H2,1-2H3. The van der Waals surface area contributed by atoms with Crippen molar-refractivity contribution < 1.29 is 9.53 Å². The molecule has 0 amide bonds. The highest BCUT2D eigenvalue weighted by molar-refractivity contribution is 5.81. The van der Waals surface area contributed by atoms with Gasteiger partial charge >= 0.3 is 5.97 Å². The summed E-state index contributed by atoms with van der Waals surface area (Å²) in [5.74, 6) is 0.640. The van der Waals surface area contributed by atoms with Gasteiger partial charge in [0.25, 0.3) is 0 Å². The number of nitrogens with one attached hydrogen (secondary N) is 1. The Labute approximate surface area is 123 Å². The van der Waals surface area contributed by atoms with Crippen molar-refractivity contribution in [3.05, 3.63) is 0 Å². The Morgan fingerprint density at radius 2 is 1.85 bits per heavy atom. The van der Waals surface area contributed by atoms with Gasteiger partial charge in [0, 0.05) is 6.04 Å². The highest BCUT2D eigenvalue weighted by Crippen LogP contribution is 2.36. The van der Waals surface area contributed by atoms with Crippen LogP contribution in [0.2, 0.25) is 0 Å². The molecule has 0 spiro atoms. The number of methoxy groups -OCH3 is 1. The molecule has 2 aliphatic carbocycles. The maximum Gasteiger partial charge on any atom is 0.326 e. The van der Waals surface area contributed by atoms with Crippen molar-refractivity contribution in [2.45, 2.75) is 89.1 Å². The van der Waals surface area contributed by atoms with E-state index < -0.39 is 5.54 Å². The lowest BCUT2D eigenvalue weighted by Crippen LogP contribution is -2.58. The molecule has 2 fully saturated rings. The first-order valence-electron chi connectivity index (χ1n) is 8.56. The van der Waals surface area contributed by atoms with Crippen molar-refractivity contribution in [2.75, 3.05) is 7.11 Å². The number of carbonyl (C=O) groups excluding carboxylic acids is 1. The van der Waals surface area contributed by atoms with Gasteiger partial charge in [0.05, 0.1) is 7.11 Å². The molecule has 2 aliphatic rings. The zero-order chi connectivity index (χ0) is 14.4. The van der Waals surface area contributed by atoms with Gasteiger partial charge in [0.15, 0.2) is 0 Å². The molecule has 20 heavy (non-hydrogen) atoms. The molecule has 0 bridgehead atoms. The monoisotopic (exact) mass is 281 g/mol. The third-order valence-electron chi connectivity index (χ3n) is 5.34. The molecule has 0 heterocycles. The van der Waals surface area contributed by atoms with E-state index in [4.69, 9.17) is 4.74 Å². The first-order chi connectivity index (χ1) is 9.70. The predicted molar refractivity (Wildman–Crippen MR) is 81.6 cm³/mol. The van der Waals surface area contributed by atoms with Crippen LogP contribution in [0.15, 0.2) is 0 Å². The van der Waals surface area contributed by atoms with Gasteiger partial charge in [-0.05, 0) is 31.6 Å². The van der Waals surface area contributed by atoms with E-state index in [1.807, 2.05) is 0 Å². The number of rotatable bonds is 4. The quantitative estimate of drug-likeness (QED) is 0.629. The molecule has 1 N–H and O–H groups in total. The van der Waals surface area contributed by atoms with Crippen LogP contribution in [0.4, 0.5) is 0 Å². The van der Waals surface area contributed by atoms with E-state index >= 15 is 0 Å². The lowest BCUT2D eigenvalue weighted by molar-refractivity contribution is -0.151. The third kappa shape index (κ3) is 3.75. The van der Waals surface area contributed by atoms with Crippen LogP contribution >= 0.6 is 0 Å². The van der Waals surface area contributed by atoms with Crippen LogP contribution in [0, 0.1) is 5.92 Å². The molecule has 0 aliphatic heterocycles. The van der Waals surface area contributed by atoms with Gasteiger partial charge in [-0.1, -0.05) is 51.9 Å². The average Bonchev–Trinajstić information content (AvgIpc) is 2.75. The number of esters is 1. The Kier molecular flexibility index (Phi) is 5.88. The summed E-state index contributed by atoms with van der Waals surface area (Å²) >= 11 is 0. The van der Waals surface area contributed by atoms with E-state index in [9.17, 15) is 4.79 Å². The molecular weight excluding hydrogens is 250 g/mol. The van der Waals surface area contributed by atoms with Crippen LogP contribution in [0.1, 0.15) is 77.6 Å². The van der Waals surface area contributed by atoms with Crippen LogP contribution < -0.4 is 5.32 Å². The highest BCUT2D eigenvalue weighted by Gasteiger charge is 2.44. The van der Waals surface area contributed by atoms with Gasteiger partial charge in [-0.25, -0.2) is 0 Å². The number of hydrogen-bond acceptors (Lipinski definition) is 3. The van der Waals surface area contributed by atoms with E-state index in [2.05, 4.69) is 12.2 Å². The van der Waals surface area contributed by atoms with Crippen LogP contribution in [-0.2, 0) is 9.53 Å². The Morgan fingerprint density at radius 3 is 2.45 bits per heavy atom. The molecule has 3 nitrogen and oxygen atoms in total. The Bertz CT molecular complexity index is 310. The summed E-state index contributed by atoms with van der Waals surface area (Å²) in [5.41, 5.74) is -0.400. The highest BCUT2D eigenvalue weighted by atomic mass is 16.5. The molecule has 2 saturated carbocycles. The van der Waals surface area contributed by atoms with E-state index in [0.717, 1.165) is 19.3 Å². The number of carbonyl (C=O) groups is 1. The minimum absolute atomic E-state index is 0.0279. The second kappa shape index (κ2) is 7.44. The zero-order valence-corrected chi connectivity index (χ0v) is 13.2. The van der Waals surface area contributed by atoms with E-state index in [1.165, 1.54) is 58.5 Å². The molecule has 116 valence electrons. The molecule has 0 saturated heterocycles. The van der Waals surface area contributed by atoms with Gasteiger partial charge in [0.1, 0.15) is 5.54 Å². The van der Waals surface area contributed by atoms with Crippen molar-refractivity contribution in [2.24, 2.45) is 5.92 Å². The molecular formula is C17H31NO2. The van der Waals surface area contributed by atoms with Gasteiger partial charge < -0.3 is 4.74 Å². The smallest absolute Gasteiger partial charge is 0.326 e. The second-order valence-corrected chi connectivity index (χ2v) is 6.78. The largest absolute Gasteiger partial charge is 0.468 e. The van der Waals surface area contributed by atoms with Gasteiger partial charge in [-0.15, -0.1) is 0 Å². The first kappa shape index (κ1) is 15.8. The first-order valence-corrected chi connectivity index (χ1v) is 8.56. The number of hydrogen-bond donors (Lipinski definition) is 1. The van der Waals surface area contributed by atoms with Crippen molar-refractivity contribution in [3.63, 3.8) is 0 Å². The summed E-state index contributed by atoms with van der Waals surface area (Å²) in [7, 11) is 1.54. The van der Waals surface area contributed by atoms with E-state index in [-0.39, 0.29) is 5.97 Å². The molecule has 0 aromatic rings. The lowest BCUT2D eigenvalue weighted by Gasteiger charge is -2.41. The summed E-state index contributed by atoms with van der Waals surface area (Å²) in [6, 6.07) is 0.507. The van der Waals surface area contributed by atoms with Crippen LogP contribution in [-0.4, -0.2) is 24.7 Å². The fourth-order valence-electron chi connectivity index (χ4n) is 4.12. The van der Waals surface area contributed by atoms with Crippen LogP contribution in [0.5, 0.6) is 0 Å². The lowest BCUT2D eigenvalue weighted by atomic mass is 9.74. The minimum atomic E-state index is -0.400. The Balaban J connectivity index is 2.07. The topological polar surface area (TPSA) is 38.3 Å². The summed E-state index contributed by atoms with van der Waals surface area (Å²) in [6.07, 6.45) is 13.2. The van der Waals surface area contributed by atoms with E-state index in [1.54, 1.807) is 0 Å². The van der Waals surface area contributed by atoms with Crippen molar-refractivity contribution in [1.82, 2.24) is 5.32 Å². The fourth-order valence-corrected chi connectivity index (χ4v) is 4.12. The van der Waals surface area contributed by atoms with Crippen molar-refractivity contribution in [1.29, 1.82) is 0 Å². The SMILES string of the molecule is CCC1CCCC(NC2CCCCCC2)(C(=O)OC)C1. The van der Waals surface area contributed by atoms with Gasteiger partial charge in [-0.3, -0.25) is 10.1 Å². The minimum Gasteiger partial charge on any atom is -0.468 e. The normalized spacial score (nSPS) is 32.6. The maximum absolute atomic E-state index is 12.4. The number of ether oxygens (including phenoxy) is 1. The van der Waals surface area contributed by atoms with Crippen molar-refractivity contribution in [3.8, 4) is 0 Å². The second-order valence-electron chi connectivity index (χ2n) is 6.78. The van der Waals surface area contributed by atoms with Gasteiger partial charge in [-0.2, -0.15) is 0 Å².